The standard InChI is InChI=1S/C37H27ClF8N8O3S/c1-52-32-26(6-5-22(38)30(32)35(50-52)51-58(2)57)54-28(56)13-24(19-4-3-16(39)11-23(19)42)48-36(54)25(9-15-7-17(40)10-18(41)8-15)47-27(55)14-53-33-29(31(49-53)34(43)44)20-12-21(20)37(33,45)46/h3-8,10-11,13,20-21,25,34H,9,12,14H2,1-2H3,(H,47,55)(H,50,51). The number of hydrogen-bond donors (Lipinski definition) is 2. The summed E-state index contributed by atoms with van der Waals surface area (Å²) in [5.74, 6) is -11.3. The summed E-state index contributed by atoms with van der Waals surface area (Å²) in [6.45, 7) is -1.04. The first-order valence-corrected chi connectivity index (χ1v) is 19.2. The van der Waals surface area contributed by atoms with Gasteiger partial charge in [-0.15, -0.1) is 5.10 Å². The Labute approximate surface area is 329 Å². The van der Waals surface area contributed by atoms with Gasteiger partial charge in [-0.05, 0) is 54.3 Å². The molecule has 3 heterocycles. The molecular formula is C37H27ClF8N8O3S. The molecule has 302 valence electrons. The van der Waals surface area contributed by atoms with Gasteiger partial charge in [0.25, 0.3) is 17.9 Å². The quantitative estimate of drug-likeness (QED) is 0.105. The summed E-state index contributed by atoms with van der Waals surface area (Å²) >= 11 is 4.92. The molecule has 0 saturated heterocycles. The lowest BCUT2D eigenvalue weighted by Crippen LogP contribution is -2.38. The molecule has 4 unspecified atom stereocenters. The zero-order valence-corrected chi connectivity index (χ0v) is 31.4. The van der Waals surface area contributed by atoms with Crippen LogP contribution in [0.25, 0.3) is 27.8 Å². The Hall–Kier alpha value is -5.47. The number of carbonyl (C=O) groups is 1. The maximum absolute atomic E-state index is 15.4. The molecule has 0 bridgehead atoms. The van der Waals surface area contributed by atoms with Gasteiger partial charge in [0.1, 0.15) is 53.3 Å². The van der Waals surface area contributed by atoms with Crippen LogP contribution in [0.2, 0.25) is 5.02 Å². The summed E-state index contributed by atoms with van der Waals surface area (Å²) in [6.07, 6.45) is -2.48. The highest BCUT2D eigenvalue weighted by Gasteiger charge is 2.67. The summed E-state index contributed by atoms with van der Waals surface area (Å²) in [4.78, 5) is 32.9. The van der Waals surface area contributed by atoms with Crippen molar-refractivity contribution in [1.82, 2.24) is 34.4 Å². The second-order valence-corrected chi connectivity index (χ2v) is 15.4. The van der Waals surface area contributed by atoms with Gasteiger partial charge < -0.3 is 9.87 Å². The summed E-state index contributed by atoms with van der Waals surface area (Å²) in [5.41, 5.74) is -3.68. The molecule has 1 saturated carbocycles. The number of fused-ring (bicyclic) bond motifs is 4. The van der Waals surface area contributed by atoms with Crippen LogP contribution in [-0.2, 0) is 42.1 Å². The number of nitrogens with one attached hydrogen (secondary N) is 2. The first kappa shape index (κ1) is 39.4. The third-order valence-electron chi connectivity index (χ3n) is 10.0. The molecule has 2 aliphatic carbocycles. The van der Waals surface area contributed by atoms with Crippen LogP contribution in [0.15, 0.2) is 59.4 Å². The Morgan fingerprint density at radius 3 is 2.43 bits per heavy atom. The van der Waals surface area contributed by atoms with Gasteiger partial charge in [0.15, 0.2) is 0 Å². The van der Waals surface area contributed by atoms with E-state index in [-0.39, 0.29) is 56.2 Å². The van der Waals surface area contributed by atoms with Gasteiger partial charge >= 0.3 is 0 Å². The van der Waals surface area contributed by atoms with E-state index in [1.54, 1.807) is 0 Å². The third-order valence-corrected chi connectivity index (χ3v) is 10.8. The highest BCUT2D eigenvalue weighted by atomic mass is 35.5. The highest BCUT2D eigenvalue weighted by molar-refractivity contribution is 7.92. The number of aryl methyl sites for hydroxylation is 1. The van der Waals surface area contributed by atoms with Crippen molar-refractivity contribution in [2.24, 2.45) is 13.0 Å². The number of aromatic nitrogens is 6. The predicted octanol–water partition coefficient (Wildman–Crippen LogP) is 7.14. The number of halogens is 9. The number of nitrogens with zero attached hydrogens (tertiary/aromatic N) is 6. The lowest BCUT2D eigenvalue weighted by atomic mass is 10.0. The van der Waals surface area contributed by atoms with E-state index in [4.69, 9.17) is 11.6 Å². The van der Waals surface area contributed by atoms with Crippen LogP contribution in [-0.4, -0.2) is 45.8 Å². The van der Waals surface area contributed by atoms with Crippen molar-refractivity contribution in [1.29, 1.82) is 0 Å². The van der Waals surface area contributed by atoms with Crippen molar-refractivity contribution >= 4 is 45.6 Å². The molecule has 1 amide bonds. The molecule has 21 heteroatoms. The van der Waals surface area contributed by atoms with Crippen molar-refractivity contribution in [2.75, 3.05) is 11.0 Å². The van der Waals surface area contributed by atoms with Crippen molar-refractivity contribution in [3.05, 3.63) is 122 Å². The zero-order valence-electron chi connectivity index (χ0n) is 29.8. The second-order valence-electron chi connectivity index (χ2n) is 13.9. The lowest BCUT2D eigenvalue weighted by Gasteiger charge is -2.24. The monoisotopic (exact) mass is 850 g/mol. The molecule has 2 N–H and O–H groups in total. The molecule has 3 aromatic heterocycles. The van der Waals surface area contributed by atoms with Gasteiger partial charge in [0.05, 0.1) is 44.7 Å². The number of rotatable bonds is 11. The number of benzene rings is 3. The molecule has 11 nitrogen and oxygen atoms in total. The fourth-order valence-corrected chi connectivity index (χ4v) is 8.34. The van der Waals surface area contributed by atoms with Gasteiger partial charge in [0.2, 0.25) is 11.7 Å². The molecule has 6 aromatic rings. The number of alkyl halides is 4. The molecule has 0 aliphatic heterocycles. The minimum Gasteiger partial charge on any atom is -0.593 e. The van der Waals surface area contributed by atoms with Gasteiger partial charge in [-0.2, -0.15) is 18.6 Å². The van der Waals surface area contributed by atoms with Crippen molar-refractivity contribution in [2.45, 2.75) is 43.7 Å². The Kier molecular flexibility index (Phi) is 9.78. The molecule has 0 spiro atoms. The van der Waals surface area contributed by atoms with Crippen LogP contribution in [0.5, 0.6) is 0 Å². The van der Waals surface area contributed by atoms with Crippen LogP contribution < -0.4 is 15.6 Å². The largest absolute Gasteiger partial charge is 0.593 e. The molecule has 4 atom stereocenters. The zero-order chi connectivity index (χ0) is 41.5. The summed E-state index contributed by atoms with van der Waals surface area (Å²) < 4.78 is 135. The smallest absolute Gasteiger partial charge is 0.293 e. The summed E-state index contributed by atoms with van der Waals surface area (Å²) in [5, 5.41) is 10.8. The average molecular weight is 851 g/mol. The minimum absolute atomic E-state index is 0.0158. The van der Waals surface area contributed by atoms with E-state index in [1.807, 2.05) is 0 Å². The van der Waals surface area contributed by atoms with E-state index in [0.29, 0.717) is 16.8 Å². The Morgan fingerprint density at radius 2 is 1.76 bits per heavy atom. The first-order chi connectivity index (χ1) is 27.4. The molecule has 58 heavy (non-hydrogen) atoms. The molecule has 1 fully saturated rings. The number of amides is 1. The van der Waals surface area contributed by atoms with Crippen LogP contribution in [0, 0.1) is 29.2 Å². The SMILES string of the molecule is Cn1nc(N[S+](C)[O-])c2c(Cl)ccc(-n3c(C(Cc4cc(F)cc(F)c4)NC(=O)Cn4nc(C(F)F)c5c4C(F)(F)C4CC54)nc(-c4ccc(F)cc4F)cc3=O)c21. The Balaban J connectivity index is 1.32. The lowest BCUT2D eigenvalue weighted by molar-refractivity contribution is -0.123. The van der Waals surface area contributed by atoms with Crippen LogP contribution >= 0.6 is 11.6 Å². The van der Waals surface area contributed by atoms with Crippen LogP contribution in [0.4, 0.5) is 40.9 Å². The van der Waals surface area contributed by atoms with Gasteiger partial charge in [0, 0.05) is 48.7 Å². The summed E-state index contributed by atoms with van der Waals surface area (Å²) in [7, 11) is 1.47. The van der Waals surface area contributed by atoms with E-state index >= 15 is 13.2 Å². The fraction of sp³-hybridized carbons (Fsp3) is 0.270. The van der Waals surface area contributed by atoms with Crippen molar-refractivity contribution in [3.63, 3.8) is 0 Å². The number of anilines is 1. The van der Waals surface area contributed by atoms with E-state index < -0.39 is 107 Å². The highest BCUT2D eigenvalue weighted by Crippen LogP contribution is 2.68. The Morgan fingerprint density at radius 1 is 1.03 bits per heavy atom. The fourth-order valence-electron chi connectivity index (χ4n) is 7.68. The maximum atomic E-state index is 15.4. The van der Waals surface area contributed by atoms with Crippen LogP contribution in [0.1, 0.15) is 53.1 Å². The normalized spacial score (nSPS) is 17.7. The van der Waals surface area contributed by atoms with Gasteiger partial charge in [-0.3, -0.25) is 23.5 Å². The van der Waals surface area contributed by atoms with E-state index in [0.717, 1.165) is 34.9 Å². The molecule has 3 aromatic carbocycles. The Bertz CT molecular complexity index is 2700. The minimum atomic E-state index is -3.57. The van der Waals surface area contributed by atoms with Crippen molar-refractivity contribution < 1.29 is 44.5 Å². The molecular weight excluding hydrogens is 824 g/mol. The summed E-state index contributed by atoms with van der Waals surface area (Å²) in [6, 6.07) is 6.88. The average Bonchev–Trinajstić information content (AvgIpc) is 3.66. The van der Waals surface area contributed by atoms with Crippen molar-refractivity contribution in [3.8, 4) is 16.9 Å². The predicted molar refractivity (Wildman–Crippen MR) is 195 cm³/mol. The number of hydrogen-bond acceptors (Lipinski definition) is 7. The first-order valence-electron chi connectivity index (χ1n) is 17.3. The maximum Gasteiger partial charge on any atom is 0.293 e. The molecule has 8 rings (SSSR count). The van der Waals surface area contributed by atoms with E-state index in [9.17, 15) is 36.1 Å². The molecule has 2 aliphatic rings. The topological polar surface area (TPSA) is 135 Å². The third kappa shape index (κ3) is 6.85. The van der Waals surface area contributed by atoms with Gasteiger partial charge in [-0.1, -0.05) is 11.6 Å². The second kappa shape index (κ2) is 14.4. The van der Waals surface area contributed by atoms with E-state index in [2.05, 4.69) is 25.2 Å². The number of carbonyl (C=O) groups excluding carboxylic acids is 1. The van der Waals surface area contributed by atoms with Crippen LogP contribution in [0.3, 0.4) is 0 Å². The van der Waals surface area contributed by atoms with E-state index in [1.165, 1.54) is 30.1 Å². The van der Waals surface area contributed by atoms with Gasteiger partial charge in [-0.25, -0.2) is 31.3 Å². The molecule has 0 radical (unpaired) electrons.